The molecule has 0 spiro atoms. The number of methoxy groups -OCH3 is 2. The van der Waals surface area contributed by atoms with Gasteiger partial charge in [-0.1, -0.05) is 0 Å². The Morgan fingerprint density at radius 1 is 1.00 bits per heavy atom. The van der Waals surface area contributed by atoms with E-state index in [4.69, 9.17) is 9.47 Å². The van der Waals surface area contributed by atoms with Crippen LogP contribution in [0.5, 0.6) is 0 Å². The molecule has 0 atom stereocenters. The third-order valence-corrected chi connectivity index (χ3v) is 3.25. The van der Waals surface area contributed by atoms with Crippen LogP contribution >= 0.6 is 0 Å². The van der Waals surface area contributed by atoms with Crippen molar-refractivity contribution in [1.29, 1.82) is 0 Å². The maximum atomic E-state index is 5.22. The molecule has 4 nitrogen and oxygen atoms in total. The van der Waals surface area contributed by atoms with Crippen LogP contribution in [0.3, 0.4) is 0 Å². The van der Waals surface area contributed by atoms with Crippen molar-refractivity contribution in [3.63, 3.8) is 0 Å². The fourth-order valence-corrected chi connectivity index (χ4v) is 2.06. The van der Waals surface area contributed by atoms with E-state index in [1.165, 1.54) is 0 Å². The van der Waals surface area contributed by atoms with Gasteiger partial charge >= 0.3 is 0 Å². The Morgan fingerprint density at radius 2 is 1.50 bits per heavy atom. The molecule has 0 aliphatic carbocycles. The second-order valence-electron chi connectivity index (χ2n) is 5.36. The van der Waals surface area contributed by atoms with E-state index in [1.54, 1.807) is 14.2 Å². The minimum Gasteiger partial charge on any atom is -0.355 e. The highest BCUT2D eigenvalue weighted by Crippen LogP contribution is 2.15. The fraction of sp³-hybridized carbons (Fsp3) is 1.00. The molecule has 1 heterocycles. The maximum Gasteiger partial charge on any atom is 0.169 e. The molecule has 0 bridgehead atoms. The number of nitrogens with zero attached hydrogens (tertiary/aromatic N) is 2. The second kappa shape index (κ2) is 5.96. The van der Waals surface area contributed by atoms with Crippen molar-refractivity contribution < 1.29 is 9.47 Å². The average molecular weight is 230 g/mol. The van der Waals surface area contributed by atoms with Gasteiger partial charge < -0.3 is 9.47 Å². The van der Waals surface area contributed by atoms with E-state index >= 15 is 0 Å². The second-order valence-corrected chi connectivity index (χ2v) is 5.36. The summed E-state index contributed by atoms with van der Waals surface area (Å²) in [5, 5.41) is 0. The summed E-state index contributed by atoms with van der Waals surface area (Å²) >= 11 is 0. The van der Waals surface area contributed by atoms with Crippen LogP contribution in [0.2, 0.25) is 0 Å². The Balaban J connectivity index is 2.32. The van der Waals surface area contributed by atoms with Crippen LogP contribution in [0.25, 0.3) is 0 Å². The summed E-state index contributed by atoms with van der Waals surface area (Å²) < 4.78 is 10.4. The summed E-state index contributed by atoms with van der Waals surface area (Å²) in [6.45, 7) is 12.1. The highest BCUT2D eigenvalue weighted by atomic mass is 16.7. The third kappa shape index (κ3) is 4.01. The van der Waals surface area contributed by atoms with Gasteiger partial charge in [-0.05, 0) is 20.8 Å². The van der Waals surface area contributed by atoms with Crippen molar-refractivity contribution in [2.24, 2.45) is 0 Å². The number of hydrogen-bond acceptors (Lipinski definition) is 4. The predicted octanol–water partition coefficient (Wildman–Crippen LogP) is 1.02. The minimum atomic E-state index is -0.0961. The number of ether oxygens (including phenoxy) is 2. The first-order chi connectivity index (χ1) is 7.47. The Hall–Kier alpha value is -0.160. The van der Waals surface area contributed by atoms with E-state index in [0.29, 0.717) is 0 Å². The molecule has 96 valence electrons. The minimum absolute atomic E-state index is 0.0961. The van der Waals surface area contributed by atoms with Crippen molar-refractivity contribution in [1.82, 2.24) is 9.80 Å². The molecule has 0 aromatic carbocycles. The van der Waals surface area contributed by atoms with Gasteiger partial charge in [0.25, 0.3) is 0 Å². The molecule has 0 amide bonds. The summed E-state index contributed by atoms with van der Waals surface area (Å²) in [5.41, 5.74) is 0.286. The van der Waals surface area contributed by atoms with Crippen LogP contribution in [0.15, 0.2) is 0 Å². The first-order valence-electron chi connectivity index (χ1n) is 6.00. The topological polar surface area (TPSA) is 24.9 Å². The molecule has 0 N–H and O–H groups in total. The molecule has 0 unspecified atom stereocenters. The molecule has 1 aliphatic rings. The van der Waals surface area contributed by atoms with E-state index < -0.39 is 0 Å². The summed E-state index contributed by atoms with van der Waals surface area (Å²) in [6.07, 6.45) is -0.0961. The number of piperazine rings is 1. The lowest BCUT2D eigenvalue weighted by atomic mass is 10.1. The zero-order valence-electron chi connectivity index (χ0n) is 11.3. The Labute approximate surface area is 99.5 Å². The van der Waals surface area contributed by atoms with Gasteiger partial charge in [0.2, 0.25) is 0 Å². The molecular weight excluding hydrogens is 204 g/mol. The van der Waals surface area contributed by atoms with Crippen molar-refractivity contribution >= 4 is 0 Å². The van der Waals surface area contributed by atoms with Gasteiger partial charge in [-0.25, -0.2) is 0 Å². The van der Waals surface area contributed by atoms with E-state index in [0.717, 1.165) is 32.7 Å². The summed E-state index contributed by atoms with van der Waals surface area (Å²) in [6, 6.07) is 0. The molecule has 1 aliphatic heterocycles. The van der Waals surface area contributed by atoms with Crippen molar-refractivity contribution in [3.8, 4) is 0 Å². The zero-order valence-corrected chi connectivity index (χ0v) is 11.3. The first kappa shape index (κ1) is 13.9. The maximum absolute atomic E-state index is 5.22. The molecule has 4 heteroatoms. The molecule has 1 rings (SSSR count). The molecule has 0 radical (unpaired) electrons. The van der Waals surface area contributed by atoms with Crippen LogP contribution in [-0.2, 0) is 9.47 Å². The van der Waals surface area contributed by atoms with Crippen LogP contribution < -0.4 is 0 Å². The fourth-order valence-electron chi connectivity index (χ4n) is 2.06. The Morgan fingerprint density at radius 3 is 1.88 bits per heavy atom. The van der Waals surface area contributed by atoms with Crippen molar-refractivity contribution in [2.45, 2.75) is 32.6 Å². The first-order valence-corrected chi connectivity index (χ1v) is 6.00. The van der Waals surface area contributed by atoms with E-state index in [2.05, 4.69) is 30.6 Å². The van der Waals surface area contributed by atoms with E-state index in [1.807, 2.05) is 0 Å². The zero-order chi connectivity index (χ0) is 12.2. The summed E-state index contributed by atoms with van der Waals surface area (Å²) in [7, 11) is 3.39. The number of rotatable bonds is 4. The highest BCUT2D eigenvalue weighted by Gasteiger charge is 2.26. The standard InChI is InChI=1S/C12H26N2O2/c1-12(2,3)14-8-6-13(7-9-14)10-11(15-4)16-5/h11H,6-10H2,1-5H3. The molecule has 1 saturated heterocycles. The molecule has 0 aromatic heterocycles. The van der Waals surface area contributed by atoms with Gasteiger partial charge in [-0.15, -0.1) is 0 Å². The highest BCUT2D eigenvalue weighted by molar-refractivity contribution is 4.82. The largest absolute Gasteiger partial charge is 0.355 e. The van der Waals surface area contributed by atoms with Crippen LogP contribution in [0, 0.1) is 0 Å². The lowest BCUT2D eigenvalue weighted by Crippen LogP contribution is -2.54. The van der Waals surface area contributed by atoms with Gasteiger partial charge in [-0.3, -0.25) is 9.80 Å². The van der Waals surface area contributed by atoms with E-state index in [-0.39, 0.29) is 11.8 Å². The third-order valence-electron chi connectivity index (χ3n) is 3.25. The average Bonchev–Trinajstić information content (AvgIpc) is 2.25. The molecule has 0 saturated carbocycles. The summed E-state index contributed by atoms with van der Waals surface area (Å²) in [4.78, 5) is 4.93. The Bertz CT molecular complexity index is 192. The monoisotopic (exact) mass is 230 g/mol. The molecule has 1 fully saturated rings. The Kier molecular flexibility index (Phi) is 5.18. The van der Waals surface area contributed by atoms with Crippen LogP contribution in [0.4, 0.5) is 0 Å². The van der Waals surface area contributed by atoms with E-state index in [9.17, 15) is 0 Å². The van der Waals surface area contributed by atoms with Gasteiger partial charge in [0.05, 0.1) is 0 Å². The summed E-state index contributed by atoms with van der Waals surface area (Å²) in [5.74, 6) is 0. The van der Waals surface area contributed by atoms with Gasteiger partial charge in [0, 0.05) is 52.5 Å². The lowest BCUT2D eigenvalue weighted by molar-refractivity contribution is -0.120. The molecular formula is C12H26N2O2. The molecule has 16 heavy (non-hydrogen) atoms. The SMILES string of the molecule is COC(CN1CCN(C(C)(C)C)CC1)OC. The van der Waals surface area contributed by atoms with Crippen molar-refractivity contribution in [2.75, 3.05) is 46.9 Å². The van der Waals surface area contributed by atoms with Crippen LogP contribution in [-0.4, -0.2) is 68.6 Å². The van der Waals surface area contributed by atoms with Crippen molar-refractivity contribution in [3.05, 3.63) is 0 Å². The van der Waals surface area contributed by atoms with Gasteiger partial charge in [0.1, 0.15) is 0 Å². The quantitative estimate of drug-likeness (QED) is 0.673. The van der Waals surface area contributed by atoms with Gasteiger partial charge in [0.15, 0.2) is 6.29 Å². The predicted molar refractivity (Wildman–Crippen MR) is 65.6 cm³/mol. The normalized spacial score (nSPS) is 20.6. The van der Waals surface area contributed by atoms with Gasteiger partial charge in [-0.2, -0.15) is 0 Å². The number of hydrogen-bond donors (Lipinski definition) is 0. The lowest BCUT2D eigenvalue weighted by Gasteiger charge is -2.42. The smallest absolute Gasteiger partial charge is 0.169 e. The van der Waals surface area contributed by atoms with Crippen LogP contribution in [0.1, 0.15) is 20.8 Å². The molecule has 0 aromatic rings.